The number of amides is 1. The Morgan fingerprint density at radius 3 is 2.45 bits per heavy atom. The molecule has 0 radical (unpaired) electrons. The van der Waals surface area contributed by atoms with Crippen molar-refractivity contribution in [3.05, 3.63) is 95.3 Å². The average Bonchev–Trinajstić information content (AvgIpc) is 2.74. The van der Waals surface area contributed by atoms with Crippen LogP contribution in [0.1, 0.15) is 16.7 Å². The third-order valence-corrected chi connectivity index (χ3v) is 4.00. The number of halogens is 1. The van der Waals surface area contributed by atoms with Crippen LogP contribution in [0, 0.1) is 12.7 Å². The zero-order chi connectivity index (χ0) is 20.5. The Morgan fingerprint density at radius 1 is 1.00 bits per heavy atom. The standard InChI is InChI=1S/C23H21FN2O3/c1-17-6-8-19(9-7-17)15-28-20-12-10-18(11-13-20)14-25-26-23(27)16-29-22-5-3-2-4-21(22)24/h2-14H,15-16H2,1H3,(H,26,27)/b25-14-. The molecule has 1 amide bonds. The molecule has 0 spiro atoms. The zero-order valence-electron chi connectivity index (χ0n) is 16.0. The van der Waals surface area contributed by atoms with Gasteiger partial charge in [-0.05, 0) is 54.4 Å². The van der Waals surface area contributed by atoms with Crippen LogP contribution in [-0.4, -0.2) is 18.7 Å². The summed E-state index contributed by atoms with van der Waals surface area (Å²) in [5.41, 5.74) is 5.44. The van der Waals surface area contributed by atoms with Gasteiger partial charge in [-0.2, -0.15) is 5.10 Å². The molecule has 0 heterocycles. The van der Waals surface area contributed by atoms with Gasteiger partial charge in [0.15, 0.2) is 18.2 Å². The summed E-state index contributed by atoms with van der Waals surface area (Å²) in [5.74, 6) is -0.242. The number of hydrogen-bond acceptors (Lipinski definition) is 4. The smallest absolute Gasteiger partial charge is 0.277 e. The van der Waals surface area contributed by atoms with E-state index in [0.717, 1.165) is 16.9 Å². The minimum Gasteiger partial charge on any atom is -0.489 e. The molecule has 1 N–H and O–H groups in total. The number of nitrogens with one attached hydrogen (secondary N) is 1. The summed E-state index contributed by atoms with van der Waals surface area (Å²) in [6, 6.07) is 21.4. The lowest BCUT2D eigenvalue weighted by molar-refractivity contribution is -0.123. The van der Waals surface area contributed by atoms with Crippen molar-refractivity contribution in [2.24, 2.45) is 5.10 Å². The lowest BCUT2D eigenvalue weighted by atomic mass is 10.2. The maximum absolute atomic E-state index is 13.4. The van der Waals surface area contributed by atoms with Gasteiger partial charge in [0, 0.05) is 0 Å². The van der Waals surface area contributed by atoms with E-state index in [1.54, 1.807) is 12.1 Å². The minimum atomic E-state index is -0.520. The Morgan fingerprint density at radius 2 is 1.72 bits per heavy atom. The first-order valence-corrected chi connectivity index (χ1v) is 9.08. The van der Waals surface area contributed by atoms with E-state index in [-0.39, 0.29) is 12.4 Å². The minimum absolute atomic E-state index is 0.0212. The van der Waals surface area contributed by atoms with Gasteiger partial charge in [-0.25, -0.2) is 9.82 Å². The van der Waals surface area contributed by atoms with E-state index in [0.29, 0.717) is 6.61 Å². The quantitative estimate of drug-likeness (QED) is 0.461. The Bertz CT molecular complexity index is 970. The van der Waals surface area contributed by atoms with Crippen molar-refractivity contribution >= 4 is 12.1 Å². The Labute approximate surface area is 168 Å². The van der Waals surface area contributed by atoms with Crippen LogP contribution in [0.4, 0.5) is 4.39 Å². The molecule has 0 saturated heterocycles. The highest BCUT2D eigenvalue weighted by Crippen LogP contribution is 2.15. The molecule has 0 unspecified atom stereocenters. The van der Waals surface area contributed by atoms with Crippen LogP contribution in [0.5, 0.6) is 11.5 Å². The Hall–Kier alpha value is -3.67. The molecule has 0 aromatic heterocycles. The van der Waals surface area contributed by atoms with Gasteiger partial charge in [-0.3, -0.25) is 4.79 Å². The van der Waals surface area contributed by atoms with Gasteiger partial charge in [0.05, 0.1) is 6.21 Å². The van der Waals surface area contributed by atoms with E-state index in [4.69, 9.17) is 9.47 Å². The first-order valence-electron chi connectivity index (χ1n) is 9.08. The molecular weight excluding hydrogens is 371 g/mol. The monoisotopic (exact) mass is 392 g/mol. The van der Waals surface area contributed by atoms with Crippen molar-refractivity contribution in [2.45, 2.75) is 13.5 Å². The molecule has 0 aliphatic heterocycles. The second-order valence-electron chi connectivity index (χ2n) is 6.36. The number of nitrogens with zero attached hydrogens (tertiary/aromatic N) is 1. The summed E-state index contributed by atoms with van der Waals surface area (Å²) >= 11 is 0. The first kappa shape index (κ1) is 20.1. The second kappa shape index (κ2) is 10.0. The fourth-order valence-electron chi connectivity index (χ4n) is 2.42. The van der Waals surface area contributed by atoms with Gasteiger partial charge in [-0.1, -0.05) is 42.0 Å². The normalized spacial score (nSPS) is 10.7. The fourth-order valence-corrected chi connectivity index (χ4v) is 2.42. The molecule has 0 aliphatic rings. The van der Waals surface area contributed by atoms with Gasteiger partial charge in [0.2, 0.25) is 0 Å². The third kappa shape index (κ3) is 6.46. The van der Waals surface area contributed by atoms with E-state index in [9.17, 15) is 9.18 Å². The highest BCUT2D eigenvalue weighted by atomic mass is 19.1. The predicted octanol–water partition coefficient (Wildman–Crippen LogP) is 4.24. The molecule has 0 bridgehead atoms. The van der Waals surface area contributed by atoms with Crippen LogP contribution in [0.25, 0.3) is 0 Å². The topological polar surface area (TPSA) is 59.9 Å². The molecule has 148 valence electrons. The molecule has 0 atom stereocenters. The predicted molar refractivity (Wildman–Crippen MR) is 110 cm³/mol. The Kier molecular flexibility index (Phi) is 6.95. The lowest BCUT2D eigenvalue weighted by Gasteiger charge is -2.07. The summed E-state index contributed by atoms with van der Waals surface area (Å²) in [4.78, 5) is 11.7. The molecule has 0 aliphatic carbocycles. The first-order chi connectivity index (χ1) is 14.1. The number of hydrogen-bond donors (Lipinski definition) is 1. The van der Waals surface area contributed by atoms with Crippen LogP contribution >= 0.6 is 0 Å². The number of benzene rings is 3. The molecule has 3 aromatic rings. The molecule has 6 heteroatoms. The highest BCUT2D eigenvalue weighted by Gasteiger charge is 2.05. The molecule has 3 aromatic carbocycles. The molecular formula is C23H21FN2O3. The molecule has 29 heavy (non-hydrogen) atoms. The molecule has 5 nitrogen and oxygen atoms in total. The van der Waals surface area contributed by atoms with Crippen molar-refractivity contribution in [1.82, 2.24) is 5.43 Å². The number of hydrazone groups is 1. The lowest BCUT2D eigenvalue weighted by Crippen LogP contribution is -2.24. The van der Waals surface area contributed by atoms with Crippen LogP contribution in [0.15, 0.2) is 77.9 Å². The van der Waals surface area contributed by atoms with Crippen LogP contribution < -0.4 is 14.9 Å². The van der Waals surface area contributed by atoms with Crippen molar-refractivity contribution in [3.8, 4) is 11.5 Å². The van der Waals surface area contributed by atoms with E-state index in [2.05, 4.69) is 10.5 Å². The zero-order valence-corrected chi connectivity index (χ0v) is 16.0. The van der Waals surface area contributed by atoms with Crippen LogP contribution in [0.2, 0.25) is 0 Å². The van der Waals surface area contributed by atoms with Gasteiger partial charge >= 0.3 is 0 Å². The van der Waals surface area contributed by atoms with Crippen molar-refractivity contribution in [2.75, 3.05) is 6.61 Å². The van der Waals surface area contributed by atoms with Gasteiger partial charge in [-0.15, -0.1) is 0 Å². The number of carbonyl (C=O) groups is 1. The van der Waals surface area contributed by atoms with Crippen molar-refractivity contribution < 1.29 is 18.7 Å². The molecule has 0 saturated carbocycles. The number of ether oxygens (including phenoxy) is 2. The van der Waals surface area contributed by atoms with E-state index in [1.807, 2.05) is 55.5 Å². The van der Waals surface area contributed by atoms with Crippen LogP contribution in [-0.2, 0) is 11.4 Å². The second-order valence-corrected chi connectivity index (χ2v) is 6.36. The third-order valence-electron chi connectivity index (χ3n) is 4.00. The maximum Gasteiger partial charge on any atom is 0.277 e. The summed E-state index contributed by atoms with van der Waals surface area (Å²) in [6.07, 6.45) is 1.50. The Balaban J connectivity index is 1.42. The number of carbonyl (C=O) groups excluding carboxylic acids is 1. The summed E-state index contributed by atoms with van der Waals surface area (Å²) in [7, 11) is 0. The number of aryl methyl sites for hydroxylation is 1. The van der Waals surface area contributed by atoms with Gasteiger partial charge < -0.3 is 9.47 Å². The van der Waals surface area contributed by atoms with Crippen molar-refractivity contribution in [1.29, 1.82) is 0 Å². The van der Waals surface area contributed by atoms with E-state index >= 15 is 0 Å². The summed E-state index contributed by atoms with van der Waals surface area (Å²) in [6.45, 7) is 2.21. The summed E-state index contributed by atoms with van der Waals surface area (Å²) in [5, 5.41) is 3.87. The van der Waals surface area contributed by atoms with E-state index < -0.39 is 11.7 Å². The van der Waals surface area contributed by atoms with Gasteiger partial charge in [0.1, 0.15) is 12.4 Å². The SMILES string of the molecule is Cc1ccc(COc2ccc(/C=N\NC(=O)COc3ccccc3F)cc2)cc1. The van der Waals surface area contributed by atoms with Crippen molar-refractivity contribution in [3.63, 3.8) is 0 Å². The highest BCUT2D eigenvalue weighted by molar-refractivity contribution is 5.83. The number of para-hydroxylation sites is 1. The fraction of sp³-hybridized carbons (Fsp3) is 0.130. The largest absolute Gasteiger partial charge is 0.489 e. The average molecular weight is 392 g/mol. The van der Waals surface area contributed by atoms with Crippen LogP contribution in [0.3, 0.4) is 0 Å². The molecule has 3 rings (SSSR count). The maximum atomic E-state index is 13.4. The van der Waals surface area contributed by atoms with E-state index in [1.165, 1.54) is 23.9 Å². The number of rotatable bonds is 8. The molecule has 0 fully saturated rings. The summed E-state index contributed by atoms with van der Waals surface area (Å²) < 4.78 is 24.3. The van der Waals surface area contributed by atoms with Gasteiger partial charge in [0.25, 0.3) is 5.91 Å².